The smallest absolute Gasteiger partial charge is 0.270 e. The molecule has 1 aliphatic carbocycles. The summed E-state index contributed by atoms with van der Waals surface area (Å²) in [4.78, 5) is 33.4. The maximum atomic E-state index is 14.5. The zero-order valence-electron chi connectivity index (χ0n) is 24.9. The van der Waals surface area contributed by atoms with Gasteiger partial charge in [0, 0.05) is 75.7 Å². The van der Waals surface area contributed by atoms with Gasteiger partial charge in [-0.05, 0) is 73.6 Å². The van der Waals surface area contributed by atoms with Crippen molar-refractivity contribution < 1.29 is 18.7 Å². The molecule has 1 amide bonds. The van der Waals surface area contributed by atoms with Gasteiger partial charge in [-0.25, -0.2) is 9.37 Å². The van der Waals surface area contributed by atoms with E-state index >= 15 is 0 Å². The molecule has 2 fully saturated rings. The van der Waals surface area contributed by atoms with Crippen LogP contribution in [0.2, 0.25) is 0 Å². The minimum atomic E-state index is -0.966. The number of carbonyl (C=O) groups excluding carboxylic acids is 2. The number of hydrogen-bond donors (Lipinski definition) is 3. The lowest BCUT2D eigenvalue weighted by Crippen LogP contribution is -2.39. The van der Waals surface area contributed by atoms with Crippen LogP contribution in [0, 0.1) is 40.8 Å². The number of anilines is 1. The fraction of sp³-hybridized carbons (Fsp3) is 0.469. The molecule has 1 atom stereocenters. The fourth-order valence-electron chi connectivity index (χ4n) is 5.23. The third-order valence-electron chi connectivity index (χ3n) is 8.03. The van der Waals surface area contributed by atoms with E-state index in [0.29, 0.717) is 41.9 Å². The van der Waals surface area contributed by atoms with Gasteiger partial charge in [0.2, 0.25) is 0 Å². The Bertz CT molecular complexity index is 1380. The summed E-state index contributed by atoms with van der Waals surface area (Å²) in [5.74, 6) is -0.751. The van der Waals surface area contributed by atoms with Gasteiger partial charge in [-0.2, -0.15) is 5.26 Å². The van der Waals surface area contributed by atoms with Crippen LogP contribution in [-0.4, -0.2) is 81.3 Å². The van der Waals surface area contributed by atoms with Gasteiger partial charge >= 0.3 is 0 Å². The molecule has 1 aliphatic heterocycles. The molecular formula is C32H40FN7O3. The maximum absolute atomic E-state index is 14.5. The molecule has 4 rings (SSSR count). The van der Waals surface area contributed by atoms with Crippen LogP contribution >= 0.6 is 0 Å². The third kappa shape index (κ3) is 8.69. The predicted octanol–water partition coefficient (Wildman–Crippen LogP) is 3.32. The number of aldehydes is 1. The number of nitriles is 1. The molecule has 2 heterocycles. The second-order valence-electron chi connectivity index (χ2n) is 11.3. The molecule has 0 radical (unpaired) electrons. The number of carbonyl (C=O) groups is 2. The van der Waals surface area contributed by atoms with E-state index in [2.05, 4.69) is 26.6 Å². The number of hydrogen-bond acceptors (Lipinski definition) is 9. The summed E-state index contributed by atoms with van der Waals surface area (Å²) in [7, 11) is 1.86. The van der Waals surface area contributed by atoms with Crippen molar-refractivity contribution in [1.29, 1.82) is 10.7 Å². The molecule has 2 aliphatic rings. The van der Waals surface area contributed by atoms with Crippen LogP contribution in [0.5, 0.6) is 0 Å². The fourth-order valence-corrected chi connectivity index (χ4v) is 5.23. The second kappa shape index (κ2) is 14.8. The lowest BCUT2D eigenvalue weighted by molar-refractivity contribution is -0.114. The number of benzene rings is 1. The predicted molar refractivity (Wildman–Crippen MR) is 163 cm³/mol. The van der Waals surface area contributed by atoms with Crippen molar-refractivity contribution in [2.75, 3.05) is 57.9 Å². The Kier molecular flexibility index (Phi) is 11.0. The van der Waals surface area contributed by atoms with Crippen LogP contribution in [-0.2, 0) is 16.1 Å². The Labute approximate surface area is 252 Å². The van der Waals surface area contributed by atoms with E-state index in [1.807, 2.05) is 18.0 Å². The van der Waals surface area contributed by atoms with E-state index in [0.717, 1.165) is 57.7 Å². The van der Waals surface area contributed by atoms with Gasteiger partial charge in [-0.1, -0.05) is 0 Å². The maximum Gasteiger partial charge on any atom is 0.270 e. The summed E-state index contributed by atoms with van der Waals surface area (Å²) in [6.07, 6.45) is 5.87. The first-order chi connectivity index (χ1) is 20.8. The number of aryl methyl sites for hydroxylation is 1. The minimum Gasteiger partial charge on any atom is -0.389 e. The Morgan fingerprint density at radius 2 is 2.05 bits per heavy atom. The summed E-state index contributed by atoms with van der Waals surface area (Å²) in [5, 5.41) is 23.5. The molecule has 0 spiro atoms. The molecule has 3 N–H and O–H groups in total. The molecule has 0 bridgehead atoms. The summed E-state index contributed by atoms with van der Waals surface area (Å²) < 4.78 is 19.9. The van der Waals surface area contributed by atoms with E-state index < -0.39 is 17.1 Å². The number of morpholine rings is 1. The van der Waals surface area contributed by atoms with Crippen molar-refractivity contribution >= 4 is 29.7 Å². The third-order valence-corrected chi connectivity index (χ3v) is 8.03. The second-order valence-corrected chi connectivity index (χ2v) is 11.3. The Hall–Kier alpha value is -4.14. The number of aromatic nitrogens is 1. The molecule has 1 unspecified atom stereocenters. The number of amides is 1. The number of nitrogens with one attached hydrogen (secondary N) is 3. The van der Waals surface area contributed by atoms with Crippen molar-refractivity contribution in [3.05, 3.63) is 64.9 Å². The first-order valence-corrected chi connectivity index (χ1v) is 14.7. The Morgan fingerprint density at radius 3 is 2.72 bits per heavy atom. The van der Waals surface area contributed by atoms with Crippen molar-refractivity contribution in [2.45, 2.75) is 32.7 Å². The molecule has 10 nitrogen and oxygen atoms in total. The number of rotatable bonds is 15. The Morgan fingerprint density at radius 1 is 1.28 bits per heavy atom. The lowest BCUT2D eigenvalue weighted by Gasteiger charge is -2.26. The first kappa shape index (κ1) is 31.8. The molecule has 2 aromatic rings. The average molecular weight is 590 g/mol. The number of ether oxygens (including phenoxy) is 1. The van der Waals surface area contributed by atoms with Gasteiger partial charge < -0.3 is 30.5 Å². The standard InChI is InChI=1S/C32H40FN7O3/c1-23-13-29(39(2)7-5-32(21-35,22-41)27-3-4-27)17-30(38-23)31(42)37-19-24-14-25(16-28(33)15-24)26(18-34)20-36-6-8-40-9-11-43-12-10-40/h13-18,20,22,27,34,36H,3-12,19H2,1-2H3,(H,37,42)/b26-20+,34-18?. The van der Waals surface area contributed by atoms with E-state index in [1.54, 1.807) is 25.3 Å². The van der Waals surface area contributed by atoms with Crippen molar-refractivity contribution in [2.24, 2.45) is 11.3 Å². The summed E-state index contributed by atoms with van der Waals surface area (Å²) in [6.45, 7) is 7.12. The van der Waals surface area contributed by atoms with Gasteiger partial charge in [-0.3, -0.25) is 9.69 Å². The van der Waals surface area contributed by atoms with Crippen molar-refractivity contribution in [3.8, 4) is 6.07 Å². The Balaban J connectivity index is 1.36. The van der Waals surface area contributed by atoms with Gasteiger partial charge in [0.15, 0.2) is 0 Å². The highest BCUT2D eigenvalue weighted by molar-refractivity contribution is 6.08. The SMILES string of the molecule is Cc1cc(N(C)CCC(C#N)(C=O)C2CC2)cc(C(=O)NCc2cc(F)cc(/C(C=N)=C/NCCN3CCOCC3)c2)n1. The highest BCUT2D eigenvalue weighted by atomic mass is 19.1. The van der Waals surface area contributed by atoms with E-state index in [-0.39, 0.29) is 18.2 Å². The van der Waals surface area contributed by atoms with Crippen LogP contribution in [0.1, 0.15) is 46.6 Å². The topological polar surface area (TPSA) is 134 Å². The molecule has 1 saturated carbocycles. The summed E-state index contributed by atoms with van der Waals surface area (Å²) in [6, 6.07) is 10.2. The zero-order chi connectivity index (χ0) is 30.8. The van der Waals surface area contributed by atoms with E-state index in [9.17, 15) is 19.2 Å². The van der Waals surface area contributed by atoms with Gasteiger partial charge in [-0.15, -0.1) is 0 Å². The quantitative estimate of drug-likeness (QED) is 0.164. The van der Waals surface area contributed by atoms with Gasteiger partial charge in [0.25, 0.3) is 5.91 Å². The van der Waals surface area contributed by atoms with Crippen LogP contribution in [0.4, 0.5) is 10.1 Å². The molecule has 1 aromatic heterocycles. The monoisotopic (exact) mass is 589 g/mol. The molecule has 1 saturated heterocycles. The van der Waals surface area contributed by atoms with Crippen LogP contribution in [0.3, 0.4) is 0 Å². The highest BCUT2D eigenvalue weighted by Gasteiger charge is 2.45. The number of nitrogens with zero attached hydrogens (tertiary/aromatic N) is 4. The van der Waals surface area contributed by atoms with Crippen LogP contribution in [0.25, 0.3) is 5.57 Å². The summed E-state index contributed by atoms with van der Waals surface area (Å²) in [5.41, 5.74) is 2.26. The average Bonchev–Trinajstić information content (AvgIpc) is 3.87. The molecule has 1 aromatic carbocycles. The van der Waals surface area contributed by atoms with E-state index in [1.165, 1.54) is 18.3 Å². The molecular weight excluding hydrogens is 549 g/mol. The van der Waals surface area contributed by atoms with Gasteiger partial charge in [0.1, 0.15) is 23.2 Å². The van der Waals surface area contributed by atoms with Crippen LogP contribution in [0.15, 0.2) is 36.5 Å². The summed E-state index contributed by atoms with van der Waals surface area (Å²) >= 11 is 0. The first-order valence-electron chi connectivity index (χ1n) is 14.7. The number of halogens is 1. The van der Waals surface area contributed by atoms with Crippen molar-refractivity contribution in [3.63, 3.8) is 0 Å². The largest absolute Gasteiger partial charge is 0.389 e. The van der Waals surface area contributed by atoms with E-state index in [4.69, 9.17) is 10.1 Å². The number of pyridine rings is 1. The lowest BCUT2D eigenvalue weighted by atomic mass is 9.82. The van der Waals surface area contributed by atoms with Crippen molar-refractivity contribution in [1.82, 2.24) is 20.5 Å². The normalized spacial score (nSPS) is 16.9. The number of allylic oxidation sites excluding steroid dienone is 1. The van der Waals surface area contributed by atoms with Gasteiger partial charge in [0.05, 0.1) is 19.3 Å². The highest BCUT2D eigenvalue weighted by Crippen LogP contribution is 2.46. The molecule has 11 heteroatoms. The van der Waals surface area contributed by atoms with Crippen LogP contribution < -0.4 is 15.5 Å². The zero-order valence-corrected chi connectivity index (χ0v) is 24.9. The molecule has 43 heavy (non-hydrogen) atoms. The minimum absolute atomic E-state index is 0.0749. The molecule has 228 valence electrons.